The minimum atomic E-state index is -0.264. The summed E-state index contributed by atoms with van der Waals surface area (Å²) in [6, 6.07) is 4.60. The molecule has 1 aromatic carbocycles. The molecule has 0 unspecified atom stereocenters. The molecule has 0 aliphatic carbocycles. The number of nitrogens with zero attached hydrogens (tertiary/aromatic N) is 2. The van der Waals surface area contributed by atoms with Crippen molar-refractivity contribution < 1.29 is 9.18 Å². The molecule has 126 valence electrons. The Morgan fingerprint density at radius 3 is 2.87 bits per heavy atom. The molecule has 0 N–H and O–H groups in total. The van der Waals surface area contributed by atoms with Gasteiger partial charge in [0.05, 0.1) is 6.04 Å². The van der Waals surface area contributed by atoms with Crippen molar-refractivity contribution in [1.29, 1.82) is 0 Å². The molecule has 0 saturated carbocycles. The van der Waals surface area contributed by atoms with Crippen LogP contribution in [0.1, 0.15) is 32.3 Å². The van der Waals surface area contributed by atoms with Crippen LogP contribution in [0.15, 0.2) is 29.8 Å². The summed E-state index contributed by atoms with van der Waals surface area (Å²) in [4.78, 5) is 15.7. The molecular weight excluding hydrogens is 315 g/mol. The minimum absolute atomic E-state index is 0.0723. The van der Waals surface area contributed by atoms with Crippen molar-refractivity contribution in [3.63, 3.8) is 0 Å². The number of carbonyl (C=O) groups is 1. The Balaban J connectivity index is 2.09. The predicted octanol–water partition coefficient (Wildman–Crippen LogP) is 3.87. The van der Waals surface area contributed by atoms with Gasteiger partial charge in [0.2, 0.25) is 5.91 Å². The molecule has 0 spiro atoms. The molecule has 3 nitrogen and oxygen atoms in total. The Kier molecular flexibility index (Phi) is 6.19. The summed E-state index contributed by atoms with van der Waals surface area (Å²) in [5, 5.41) is 0.593. The number of hydrogen-bond acceptors (Lipinski definition) is 2. The minimum Gasteiger partial charge on any atom is -0.339 e. The van der Waals surface area contributed by atoms with E-state index in [0.717, 1.165) is 31.5 Å². The van der Waals surface area contributed by atoms with Crippen molar-refractivity contribution in [2.45, 2.75) is 39.3 Å². The van der Waals surface area contributed by atoms with Gasteiger partial charge in [0.15, 0.2) is 0 Å². The number of hydrogen-bond donors (Lipinski definition) is 0. The molecule has 0 bridgehead atoms. The van der Waals surface area contributed by atoms with Gasteiger partial charge in [-0.2, -0.15) is 0 Å². The molecule has 0 radical (unpaired) electrons. The van der Waals surface area contributed by atoms with Gasteiger partial charge in [-0.1, -0.05) is 24.6 Å². The van der Waals surface area contributed by atoms with E-state index in [2.05, 4.69) is 17.9 Å². The van der Waals surface area contributed by atoms with E-state index in [1.165, 1.54) is 17.7 Å². The lowest BCUT2D eigenvalue weighted by Gasteiger charge is -2.35. The Hall–Kier alpha value is -1.39. The molecule has 5 heteroatoms. The smallest absolute Gasteiger partial charge is 0.219 e. The second kappa shape index (κ2) is 7.93. The quantitative estimate of drug-likeness (QED) is 0.761. The highest BCUT2D eigenvalue weighted by atomic mass is 35.5. The number of likely N-dealkylation sites (N-methyl/N-ethyl adjacent to an activating group) is 1. The number of benzene rings is 1. The monoisotopic (exact) mass is 338 g/mol. The highest BCUT2D eigenvalue weighted by Crippen LogP contribution is 2.24. The molecule has 0 fully saturated rings. The van der Waals surface area contributed by atoms with Crippen LogP contribution in [0.3, 0.4) is 0 Å². The standard InChI is InChI=1S/C18H24ClFN2O/c1-4-18(21(3)13(2)23)14-6-5-9-22(11-14)12-15-10-16(20)7-8-17(15)19/h6-8,10,18H,4-5,9,11-12H2,1-3H3/t18-/m0/s1. The van der Waals surface area contributed by atoms with E-state index < -0.39 is 0 Å². The molecule has 2 rings (SSSR count). The van der Waals surface area contributed by atoms with Crippen LogP contribution in [0.4, 0.5) is 4.39 Å². The first-order valence-corrected chi connectivity index (χ1v) is 8.38. The predicted molar refractivity (Wildman–Crippen MR) is 91.9 cm³/mol. The van der Waals surface area contributed by atoms with Crippen molar-refractivity contribution in [3.05, 3.63) is 46.3 Å². The summed E-state index contributed by atoms with van der Waals surface area (Å²) in [6.45, 7) is 6.00. The van der Waals surface area contributed by atoms with E-state index >= 15 is 0 Å². The molecule has 1 atom stereocenters. The van der Waals surface area contributed by atoms with Crippen LogP contribution in [-0.2, 0) is 11.3 Å². The van der Waals surface area contributed by atoms with Crippen molar-refractivity contribution in [2.24, 2.45) is 0 Å². The van der Waals surface area contributed by atoms with E-state index in [9.17, 15) is 9.18 Å². The average molecular weight is 339 g/mol. The van der Waals surface area contributed by atoms with Crippen molar-refractivity contribution in [1.82, 2.24) is 9.80 Å². The zero-order valence-corrected chi connectivity index (χ0v) is 14.7. The molecule has 1 aliphatic rings. The summed E-state index contributed by atoms with van der Waals surface area (Å²) < 4.78 is 13.4. The van der Waals surface area contributed by atoms with Crippen LogP contribution in [-0.4, -0.2) is 41.9 Å². The Morgan fingerprint density at radius 1 is 1.48 bits per heavy atom. The largest absolute Gasteiger partial charge is 0.339 e. The molecular formula is C18H24ClFN2O. The SMILES string of the molecule is CC[C@@H](C1=CCCN(Cc2cc(F)ccc2Cl)C1)N(C)C(C)=O. The zero-order valence-electron chi connectivity index (χ0n) is 14.0. The van der Waals surface area contributed by atoms with Gasteiger partial charge in [-0.25, -0.2) is 4.39 Å². The van der Waals surface area contributed by atoms with E-state index in [-0.39, 0.29) is 17.8 Å². The van der Waals surface area contributed by atoms with Gasteiger partial charge in [-0.15, -0.1) is 0 Å². The lowest BCUT2D eigenvalue weighted by atomic mass is 9.98. The highest BCUT2D eigenvalue weighted by Gasteiger charge is 2.24. The second-order valence-electron chi connectivity index (χ2n) is 6.07. The van der Waals surface area contributed by atoms with E-state index in [1.54, 1.807) is 17.9 Å². The number of carbonyl (C=O) groups excluding carboxylic acids is 1. The second-order valence-corrected chi connectivity index (χ2v) is 6.48. The van der Waals surface area contributed by atoms with E-state index in [0.29, 0.717) is 11.6 Å². The first-order valence-electron chi connectivity index (χ1n) is 8.01. The third kappa shape index (κ3) is 4.55. The fraction of sp³-hybridized carbons (Fsp3) is 0.500. The van der Waals surface area contributed by atoms with Gasteiger partial charge in [-0.3, -0.25) is 9.69 Å². The molecule has 1 amide bonds. The van der Waals surface area contributed by atoms with Crippen LogP contribution in [0.25, 0.3) is 0 Å². The Morgan fingerprint density at radius 2 is 2.22 bits per heavy atom. The Labute approximate surface area is 142 Å². The fourth-order valence-electron chi connectivity index (χ4n) is 3.12. The number of rotatable bonds is 5. The molecule has 0 saturated heterocycles. The number of amides is 1. The third-order valence-corrected chi connectivity index (χ3v) is 4.81. The van der Waals surface area contributed by atoms with Crippen LogP contribution in [0.2, 0.25) is 5.02 Å². The molecule has 1 aromatic rings. The van der Waals surface area contributed by atoms with Crippen molar-refractivity contribution in [3.8, 4) is 0 Å². The van der Waals surface area contributed by atoms with Crippen molar-refractivity contribution >= 4 is 17.5 Å². The normalized spacial score (nSPS) is 16.8. The third-order valence-electron chi connectivity index (χ3n) is 4.44. The van der Waals surface area contributed by atoms with Crippen molar-refractivity contribution in [2.75, 3.05) is 20.1 Å². The van der Waals surface area contributed by atoms with Crippen LogP contribution in [0.5, 0.6) is 0 Å². The van der Waals surface area contributed by atoms with Gasteiger partial charge in [0.25, 0.3) is 0 Å². The van der Waals surface area contributed by atoms with Gasteiger partial charge in [0.1, 0.15) is 5.82 Å². The maximum absolute atomic E-state index is 13.4. The first kappa shape index (κ1) is 18.0. The van der Waals surface area contributed by atoms with Gasteiger partial charge < -0.3 is 4.90 Å². The highest BCUT2D eigenvalue weighted by molar-refractivity contribution is 6.31. The summed E-state index contributed by atoms with van der Waals surface area (Å²) in [6.07, 6.45) is 4.05. The molecule has 1 aliphatic heterocycles. The van der Waals surface area contributed by atoms with E-state index in [1.807, 2.05) is 7.05 Å². The molecule has 1 heterocycles. The fourth-order valence-corrected chi connectivity index (χ4v) is 3.30. The topological polar surface area (TPSA) is 23.6 Å². The summed E-state index contributed by atoms with van der Waals surface area (Å²) in [5.41, 5.74) is 2.06. The lowest BCUT2D eigenvalue weighted by Crippen LogP contribution is -2.41. The first-order chi connectivity index (χ1) is 10.9. The average Bonchev–Trinajstić information content (AvgIpc) is 2.52. The molecule has 0 aromatic heterocycles. The van der Waals surface area contributed by atoms with Crippen LogP contribution >= 0.6 is 11.6 Å². The Bertz CT molecular complexity index is 603. The summed E-state index contributed by atoms with van der Waals surface area (Å²) >= 11 is 6.17. The lowest BCUT2D eigenvalue weighted by molar-refractivity contribution is -0.129. The maximum atomic E-state index is 13.4. The maximum Gasteiger partial charge on any atom is 0.219 e. The zero-order chi connectivity index (χ0) is 17.0. The van der Waals surface area contributed by atoms with Gasteiger partial charge in [-0.05, 0) is 42.2 Å². The van der Waals surface area contributed by atoms with Crippen LogP contribution in [0, 0.1) is 5.82 Å². The summed E-state index contributed by atoms with van der Waals surface area (Å²) in [5.74, 6) is -0.192. The van der Waals surface area contributed by atoms with Gasteiger partial charge >= 0.3 is 0 Å². The number of halogens is 2. The van der Waals surface area contributed by atoms with Gasteiger partial charge in [0, 0.05) is 38.6 Å². The van der Waals surface area contributed by atoms with Crippen LogP contribution < -0.4 is 0 Å². The van der Waals surface area contributed by atoms with E-state index in [4.69, 9.17) is 11.6 Å². The summed E-state index contributed by atoms with van der Waals surface area (Å²) in [7, 11) is 1.85. The molecule has 23 heavy (non-hydrogen) atoms.